The molecule has 0 aromatic heterocycles. The van der Waals surface area contributed by atoms with Gasteiger partial charge in [0.15, 0.2) is 5.79 Å². The second kappa shape index (κ2) is 8.69. The Hall–Kier alpha value is -1.85. The molecule has 142 valence electrons. The minimum Gasteiger partial charge on any atom is -0.508 e. The first kappa shape index (κ1) is 18.9. The normalized spacial score (nSPS) is 25.5. The standard InChI is InChI=1S/C21H28O5/c22-18-11-6-5-10-17(18)20-16(9-3-1-4-12-19(23)24)15-25-21(26-20)13-7-2-8-14-21/h1,3,5-6,10-11,16,20,22H,2,4,7-9,12-15H2,(H,23,24)/t16-,20+/m1/s1. The molecule has 0 amide bonds. The molecule has 2 aliphatic rings. The largest absolute Gasteiger partial charge is 0.508 e. The third-order valence-electron chi connectivity index (χ3n) is 5.32. The quantitative estimate of drug-likeness (QED) is 0.727. The van der Waals surface area contributed by atoms with Gasteiger partial charge in [-0.2, -0.15) is 0 Å². The molecular formula is C21H28O5. The number of allylic oxidation sites excluding steroid dienone is 2. The van der Waals surface area contributed by atoms with E-state index in [9.17, 15) is 9.90 Å². The Bertz CT molecular complexity index is 633. The topological polar surface area (TPSA) is 76.0 Å². The number of phenols is 1. The molecule has 0 bridgehead atoms. The highest BCUT2D eigenvalue weighted by Crippen LogP contribution is 2.46. The number of aliphatic carboxylic acids is 1. The molecule has 0 unspecified atom stereocenters. The zero-order valence-corrected chi connectivity index (χ0v) is 15.1. The molecule has 1 heterocycles. The number of phenolic OH excluding ortho intramolecular Hbond substituents is 1. The summed E-state index contributed by atoms with van der Waals surface area (Å²) in [6.07, 6.45) is 10.3. The Morgan fingerprint density at radius 2 is 1.96 bits per heavy atom. The molecule has 3 rings (SSSR count). The minimum atomic E-state index is -0.787. The van der Waals surface area contributed by atoms with Gasteiger partial charge in [0.25, 0.3) is 0 Å². The van der Waals surface area contributed by atoms with E-state index in [1.165, 1.54) is 6.42 Å². The van der Waals surface area contributed by atoms with Crippen molar-refractivity contribution in [2.45, 2.75) is 63.3 Å². The van der Waals surface area contributed by atoms with Crippen LogP contribution in [0.1, 0.15) is 63.0 Å². The van der Waals surface area contributed by atoms with Gasteiger partial charge in [-0.25, -0.2) is 0 Å². The van der Waals surface area contributed by atoms with Gasteiger partial charge < -0.3 is 19.7 Å². The first-order chi connectivity index (χ1) is 12.6. The second-order valence-corrected chi connectivity index (χ2v) is 7.28. The van der Waals surface area contributed by atoms with Gasteiger partial charge in [0.1, 0.15) is 5.75 Å². The van der Waals surface area contributed by atoms with Crippen molar-refractivity contribution < 1.29 is 24.5 Å². The zero-order valence-electron chi connectivity index (χ0n) is 15.1. The van der Waals surface area contributed by atoms with Gasteiger partial charge >= 0.3 is 5.97 Å². The van der Waals surface area contributed by atoms with E-state index in [0.29, 0.717) is 13.0 Å². The van der Waals surface area contributed by atoms with Crippen molar-refractivity contribution in [3.63, 3.8) is 0 Å². The van der Waals surface area contributed by atoms with E-state index in [2.05, 4.69) is 0 Å². The second-order valence-electron chi connectivity index (χ2n) is 7.28. The number of carbonyl (C=O) groups is 1. The fourth-order valence-corrected chi connectivity index (χ4v) is 3.89. The zero-order chi connectivity index (χ0) is 18.4. The van der Waals surface area contributed by atoms with Crippen molar-refractivity contribution in [2.75, 3.05) is 6.61 Å². The van der Waals surface area contributed by atoms with Crippen molar-refractivity contribution >= 4 is 5.97 Å². The molecule has 1 saturated heterocycles. The number of carboxylic acids is 1. The lowest BCUT2D eigenvalue weighted by Gasteiger charge is -2.46. The molecule has 2 fully saturated rings. The first-order valence-electron chi connectivity index (χ1n) is 9.56. The number of carboxylic acid groups (broad SMARTS) is 1. The summed E-state index contributed by atoms with van der Waals surface area (Å²) in [4.78, 5) is 10.6. The number of rotatable bonds is 6. The van der Waals surface area contributed by atoms with Crippen LogP contribution in [-0.4, -0.2) is 28.6 Å². The maximum absolute atomic E-state index is 10.6. The summed E-state index contributed by atoms with van der Waals surface area (Å²) in [5.74, 6) is -0.957. The van der Waals surface area contributed by atoms with Gasteiger partial charge in [-0.3, -0.25) is 4.79 Å². The lowest BCUT2D eigenvalue weighted by Crippen LogP contribution is -2.46. The van der Waals surface area contributed by atoms with E-state index in [0.717, 1.165) is 37.7 Å². The van der Waals surface area contributed by atoms with E-state index in [1.54, 1.807) is 6.07 Å². The van der Waals surface area contributed by atoms with Crippen LogP contribution in [0.25, 0.3) is 0 Å². The van der Waals surface area contributed by atoms with E-state index in [-0.39, 0.29) is 24.2 Å². The van der Waals surface area contributed by atoms with Gasteiger partial charge in [0.2, 0.25) is 0 Å². The van der Waals surface area contributed by atoms with Crippen LogP contribution in [0.15, 0.2) is 36.4 Å². The van der Waals surface area contributed by atoms with E-state index in [4.69, 9.17) is 14.6 Å². The van der Waals surface area contributed by atoms with Crippen LogP contribution in [0, 0.1) is 5.92 Å². The highest BCUT2D eigenvalue weighted by atomic mass is 16.7. The SMILES string of the molecule is O=C(O)CCC=CC[C@@H]1COC2(CCCCC2)O[C@@H]1c1ccccc1O. The van der Waals surface area contributed by atoms with Gasteiger partial charge in [0.05, 0.1) is 12.7 Å². The van der Waals surface area contributed by atoms with Crippen LogP contribution in [0.4, 0.5) is 0 Å². The van der Waals surface area contributed by atoms with Gasteiger partial charge in [-0.1, -0.05) is 36.8 Å². The number of aromatic hydroxyl groups is 1. The summed E-state index contributed by atoms with van der Waals surface area (Å²) < 4.78 is 12.7. The summed E-state index contributed by atoms with van der Waals surface area (Å²) in [6, 6.07) is 7.35. The number of hydrogen-bond donors (Lipinski definition) is 2. The number of hydrogen-bond acceptors (Lipinski definition) is 4. The van der Waals surface area contributed by atoms with Crippen molar-refractivity contribution in [2.24, 2.45) is 5.92 Å². The van der Waals surface area contributed by atoms with Crippen LogP contribution >= 0.6 is 0 Å². The Morgan fingerprint density at radius 3 is 2.69 bits per heavy atom. The van der Waals surface area contributed by atoms with Gasteiger partial charge in [-0.05, 0) is 31.7 Å². The smallest absolute Gasteiger partial charge is 0.303 e. The molecular weight excluding hydrogens is 332 g/mol. The van der Waals surface area contributed by atoms with Gasteiger partial charge in [0, 0.05) is 30.7 Å². The molecule has 26 heavy (non-hydrogen) atoms. The Kier molecular flexibility index (Phi) is 6.33. The summed E-state index contributed by atoms with van der Waals surface area (Å²) in [6.45, 7) is 0.586. The van der Waals surface area contributed by atoms with Crippen LogP contribution in [-0.2, 0) is 14.3 Å². The Labute approximate surface area is 154 Å². The fourth-order valence-electron chi connectivity index (χ4n) is 3.89. The highest BCUT2D eigenvalue weighted by Gasteiger charge is 2.44. The number of para-hydroxylation sites is 1. The molecule has 0 radical (unpaired) electrons. The molecule has 5 heteroatoms. The van der Waals surface area contributed by atoms with E-state index in [1.807, 2.05) is 30.4 Å². The average molecular weight is 360 g/mol. The lowest BCUT2D eigenvalue weighted by molar-refractivity contribution is -0.325. The molecule has 1 aliphatic heterocycles. The molecule has 1 aromatic rings. The summed E-state index contributed by atoms with van der Waals surface area (Å²) in [5, 5.41) is 19.1. The summed E-state index contributed by atoms with van der Waals surface area (Å²) in [7, 11) is 0. The summed E-state index contributed by atoms with van der Waals surface area (Å²) >= 11 is 0. The predicted octanol–water partition coefficient (Wildman–Crippen LogP) is 4.57. The van der Waals surface area contributed by atoms with Crippen LogP contribution in [0.5, 0.6) is 5.75 Å². The molecule has 1 saturated carbocycles. The van der Waals surface area contributed by atoms with Crippen molar-refractivity contribution in [1.82, 2.24) is 0 Å². The monoisotopic (exact) mass is 360 g/mol. The molecule has 2 N–H and O–H groups in total. The fraction of sp³-hybridized carbons (Fsp3) is 0.571. The van der Waals surface area contributed by atoms with Crippen molar-refractivity contribution in [3.8, 4) is 5.75 Å². The third-order valence-corrected chi connectivity index (χ3v) is 5.32. The van der Waals surface area contributed by atoms with E-state index < -0.39 is 11.8 Å². The third kappa shape index (κ3) is 4.65. The van der Waals surface area contributed by atoms with Gasteiger partial charge in [-0.15, -0.1) is 0 Å². The van der Waals surface area contributed by atoms with Crippen LogP contribution in [0.2, 0.25) is 0 Å². The number of benzene rings is 1. The van der Waals surface area contributed by atoms with E-state index >= 15 is 0 Å². The maximum Gasteiger partial charge on any atom is 0.303 e. The predicted molar refractivity (Wildman–Crippen MR) is 97.8 cm³/mol. The molecule has 1 aliphatic carbocycles. The van der Waals surface area contributed by atoms with Crippen molar-refractivity contribution in [3.05, 3.63) is 42.0 Å². The molecule has 5 nitrogen and oxygen atoms in total. The molecule has 2 atom stereocenters. The van der Waals surface area contributed by atoms with Crippen LogP contribution < -0.4 is 0 Å². The summed E-state index contributed by atoms with van der Waals surface area (Å²) in [5.41, 5.74) is 0.810. The average Bonchev–Trinajstić information content (AvgIpc) is 2.63. The minimum absolute atomic E-state index is 0.0944. The highest BCUT2D eigenvalue weighted by molar-refractivity contribution is 5.66. The number of ether oxygens (including phenoxy) is 2. The lowest BCUT2D eigenvalue weighted by atomic mass is 9.87. The van der Waals surface area contributed by atoms with Crippen molar-refractivity contribution in [1.29, 1.82) is 0 Å². The Morgan fingerprint density at radius 1 is 1.19 bits per heavy atom. The maximum atomic E-state index is 10.6. The molecule has 1 spiro atoms. The van der Waals surface area contributed by atoms with Crippen LogP contribution in [0.3, 0.4) is 0 Å². The Balaban J connectivity index is 1.72. The molecule has 1 aromatic carbocycles. The first-order valence-corrected chi connectivity index (χ1v) is 9.56.